The Morgan fingerprint density at radius 1 is 0.882 bits per heavy atom. The number of hydrogen-bond acceptors (Lipinski definition) is 2. The molecular weight excluding hydrogens is 446 g/mol. The molecule has 0 aromatic heterocycles. The molecule has 4 nitrogen and oxygen atoms in total. The van der Waals surface area contributed by atoms with Crippen LogP contribution in [0, 0.1) is 5.82 Å². The van der Waals surface area contributed by atoms with Crippen LogP contribution in [0.4, 0.5) is 28.0 Å². The highest BCUT2D eigenvalue weighted by Gasteiger charge is 2.34. The molecule has 34 heavy (non-hydrogen) atoms. The molecule has 0 bridgehead atoms. The highest BCUT2D eigenvalue weighted by Crippen LogP contribution is 2.33. The first-order valence-electron chi connectivity index (χ1n) is 10.9. The molecule has 0 aliphatic carbocycles. The Hall–Kier alpha value is -3.39. The van der Waals surface area contributed by atoms with Crippen LogP contribution in [0.2, 0.25) is 0 Å². The van der Waals surface area contributed by atoms with E-state index in [1.807, 2.05) is 19.1 Å². The average molecular weight is 476 g/mol. The second-order valence-corrected chi connectivity index (χ2v) is 7.53. The lowest BCUT2D eigenvalue weighted by Gasteiger charge is -2.19. The minimum Gasteiger partial charge on any atom is -0.326 e. The molecule has 0 atom stereocenters. The van der Waals surface area contributed by atoms with Gasteiger partial charge in [0.2, 0.25) is 0 Å². The second kappa shape index (κ2) is 13.3. The Labute approximate surface area is 197 Å². The summed E-state index contributed by atoms with van der Waals surface area (Å²) < 4.78 is 50.9. The minimum atomic E-state index is -4.80. The lowest BCUT2D eigenvalue weighted by Crippen LogP contribution is -2.36. The van der Waals surface area contributed by atoms with Gasteiger partial charge in [0.05, 0.1) is 5.56 Å². The molecule has 2 N–H and O–H groups in total. The van der Waals surface area contributed by atoms with Crippen LogP contribution in [0.1, 0.15) is 18.9 Å². The Morgan fingerprint density at radius 2 is 1.44 bits per heavy atom. The van der Waals surface area contributed by atoms with Crippen molar-refractivity contribution in [3.63, 3.8) is 0 Å². The summed E-state index contributed by atoms with van der Waals surface area (Å²) in [7, 11) is 1.52. The van der Waals surface area contributed by atoms with Crippen LogP contribution in [0.5, 0.6) is 0 Å². The predicted octanol–water partition coefficient (Wildman–Crippen LogP) is 6.66. The zero-order valence-electron chi connectivity index (χ0n) is 19.2. The van der Waals surface area contributed by atoms with Crippen LogP contribution in [-0.4, -0.2) is 37.6 Å². The van der Waals surface area contributed by atoms with E-state index in [9.17, 15) is 22.4 Å². The molecule has 0 spiro atoms. The molecule has 0 unspecified atom stereocenters. The van der Waals surface area contributed by atoms with E-state index in [0.717, 1.165) is 19.0 Å². The summed E-state index contributed by atoms with van der Waals surface area (Å²) in [5.41, 5.74) is 1.04. The van der Waals surface area contributed by atoms with Gasteiger partial charge in [0.25, 0.3) is 0 Å². The van der Waals surface area contributed by atoms with E-state index in [4.69, 9.17) is 0 Å². The zero-order chi connectivity index (χ0) is 25.0. The number of nitrogens with zero attached hydrogens (tertiary/aromatic N) is 1. The molecule has 0 aliphatic rings. The summed E-state index contributed by atoms with van der Waals surface area (Å²) in [5, 5.41) is 5.42. The van der Waals surface area contributed by atoms with Crippen molar-refractivity contribution in [2.24, 2.45) is 0 Å². The number of carbonyl (C=O) groups is 1. The first-order valence-corrected chi connectivity index (χ1v) is 10.9. The first-order chi connectivity index (χ1) is 16.2. The largest absolute Gasteiger partial charge is 0.419 e. The Kier molecular flexibility index (Phi) is 10.5. The number of carbonyl (C=O) groups excluding carboxylic acids is 1. The fraction of sp³-hybridized carbons (Fsp3) is 0.269. The van der Waals surface area contributed by atoms with Crippen molar-refractivity contribution in [1.29, 1.82) is 0 Å². The van der Waals surface area contributed by atoms with Crippen LogP contribution in [0.25, 0.3) is 11.1 Å². The van der Waals surface area contributed by atoms with Gasteiger partial charge in [-0.05, 0) is 42.3 Å². The number of rotatable bonds is 7. The van der Waals surface area contributed by atoms with Gasteiger partial charge < -0.3 is 15.5 Å². The molecule has 3 rings (SSSR count). The SMILES string of the molecule is CCCNCCN(C)C(=O)Nc1ccc(F)c(C(F)(F)F)c1.c1ccc(-c2ccccc2)cc1. The Morgan fingerprint density at radius 3 is 1.94 bits per heavy atom. The van der Waals surface area contributed by atoms with Crippen LogP contribution in [0.15, 0.2) is 78.9 Å². The van der Waals surface area contributed by atoms with E-state index in [0.29, 0.717) is 25.2 Å². The lowest BCUT2D eigenvalue weighted by molar-refractivity contribution is -0.139. The second-order valence-electron chi connectivity index (χ2n) is 7.53. The number of amides is 2. The summed E-state index contributed by atoms with van der Waals surface area (Å²) in [6.07, 6.45) is -3.84. The number of benzene rings is 3. The van der Waals surface area contributed by atoms with Crippen molar-refractivity contribution in [2.45, 2.75) is 19.5 Å². The van der Waals surface area contributed by atoms with Gasteiger partial charge in [-0.1, -0.05) is 67.6 Å². The number of halogens is 4. The molecule has 182 valence electrons. The Bertz CT molecular complexity index is 974. The average Bonchev–Trinajstić information content (AvgIpc) is 2.83. The normalized spacial score (nSPS) is 10.8. The summed E-state index contributed by atoms with van der Waals surface area (Å²) >= 11 is 0. The van der Waals surface area contributed by atoms with Crippen molar-refractivity contribution in [1.82, 2.24) is 10.2 Å². The highest BCUT2D eigenvalue weighted by molar-refractivity contribution is 5.89. The third-order valence-corrected chi connectivity index (χ3v) is 4.80. The summed E-state index contributed by atoms with van der Waals surface area (Å²) in [6.45, 7) is 3.81. The quantitative estimate of drug-likeness (QED) is 0.296. The van der Waals surface area contributed by atoms with E-state index in [-0.39, 0.29) is 5.69 Å². The van der Waals surface area contributed by atoms with E-state index in [1.54, 1.807) is 0 Å². The number of hydrogen-bond donors (Lipinski definition) is 2. The molecule has 0 aliphatic heterocycles. The zero-order valence-corrected chi connectivity index (χ0v) is 19.2. The maximum absolute atomic E-state index is 13.1. The third kappa shape index (κ3) is 8.86. The van der Waals surface area contributed by atoms with Crippen LogP contribution >= 0.6 is 0 Å². The molecule has 0 radical (unpaired) electrons. The maximum Gasteiger partial charge on any atom is 0.419 e. The van der Waals surface area contributed by atoms with Crippen LogP contribution in [-0.2, 0) is 6.18 Å². The molecule has 3 aromatic carbocycles. The minimum absolute atomic E-state index is 0.105. The van der Waals surface area contributed by atoms with Gasteiger partial charge in [0, 0.05) is 25.8 Å². The van der Waals surface area contributed by atoms with Gasteiger partial charge in [-0.25, -0.2) is 9.18 Å². The number of anilines is 1. The van der Waals surface area contributed by atoms with Gasteiger partial charge in [-0.15, -0.1) is 0 Å². The van der Waals surface area contributed by atoms with Gasteiger partial charge in [0.1, 0.15) is 5.82 Å². The predicted molar refractivity (Wildman–Crippen MR) is 128 cm³/mol. The molecule has 2 amide bonds. The third-order valence-electron chi connectivity index (χ3n) is 4.80. The molecule has 0 fully saturated rings. The maximum atomic E-state index is 13.1. The van der Waals surface area contributed by atoms with Crippen molar-refractivity contribution in [2.75, 3.05) is 32.0 Å². The summed E-state index contributed by atoms with van der Waals surface area (Å²) in [6, 6.07) is 22.6. The van der Waals surface area contributed by atoms with E-state index in [1.165, 1.54) is 23.1 Å². The molecule has 0 heterocycles. The van der Waals surface area contributed by atoms with E-state index >= 15 is 0 Å². The first kappa shape index (κ1) is 26.9. The van der Waals surface area contributed by atoms with Crippen LogP contribution < -0.4 is 10.6 Å². The monoisotopic (exact) mass is 475 g/mol. The smallest absolute Gasteiger partial charge is 0.326 e. The van der Waals surface area contributed by atoms with Crippen molar-refractivity contribution < 1.29 is 22.4 Å². The van der Waals surface area contributed by atoms with Crippen molar-refractivity contribution in [3.05, 3.63) is 90.2 Å². The van der Waals surface area contributed by atoms with Gasteiger partial charge in [-0.2, -0.15) is 13.2 Å². The molecule has 3 aromatic rings. The van der Waals surface area contributed by atoms with Crippen molar-refractivity contribution >= 4 is 11.7 Å². The number of likely N-dealkylation sites (N-methyl/N-ethyl adjacent to an activating group) is 1. The molecule has 0 saturated heterocycles. The van der Waals surface area contributed by atoms with Gasteiger partial charge >= 0.3 is 12.2 Å². The summed E-state index contributed by atoms with van der Waals surface area (Å²) in [4.78, 5) is 13.2. The van der Waals surface area contributed by atoms with E-state index < -0.39 is 23.6 Å². The number of nitrogens with one attached hydrogen (secondary N) is 2. The Balaban J connectivity index is 0.000000283. The van der Waals surface area contributed by atoms with Gasteiger partial charge in [0.15, 0.2) is 0 Å². The van der Waals surface area contributed by atoms with Crippen LogP contribution in [0.3, 0.4) is 0 Å². The fourth-order valence-electron chi connectivity index (χ4n) is 2.95. The topological polar surface area (TPSA) is 44.4 Å². The molecular formula is C26H29F4N3O. The highest BCUT2D eigenvalue weighted by atomic mass is 19.4. The number of alkyl halides is 3. The van der Waals surface area contributed by atoms with E-state index in [2.05, 4.69) is 59.2 Å². The van der Waals surface area contributed by atoms with Gasteiger partial charge in [-0.3, -0.25) is 0 Å². The fourth-order valence-corrected chi connectivity index (χ4v) is 2.95. The van der Waals surface area contributed by atoms with Crippen molar-refractivity contribution in [3.8, 4) is 11.1 Å². The summed E-state index contributed by atoms with van der Waals surface area (Å²) in [5.74, 6) is -1.37. The lowest BCUT2D eigenvalue weighted by atomic mass is 10.1. The number of urea groups is 1. The molecule has 0 saturated carbocycles. The standard InChI is InChI=1S/C14H19F4N3O.C12H10/c1-3-6-19-7-8-21(2)13(22)20-10-4-5-12(15)11(9-10)14(16,17)18;1-3-7-11(8-4-1)12-9-5-2-6-10-12/h4-5,9,19H,3,6-8H2,1-2H3,(H,20,22);1-10H. The molecule has 8 heteroatoms.